The molecule has 0 bridgehead atoms. The summed E-state index contributed by atoms with van der Waals surface area (Å²) in [6.07, 6.45) is 19.7. The first-order valence-corrected chi connectivity index (χ1v) is 10.7. The Bertz CT molecular complexity index is 547. The largest absolute Gasteiger partial charge is 4.00 e. The van der Waals surface area contributed by atoms with Crippen molar-refractivity contribution in [2.45, 2.75) is 69.7 Å². The third-order valence-electron chi connectivity index (χ3n) is 5.75. The van der Waals surface area contributed by atoms with Gasteiger partial charge in [0.1, 0.15) is 0 Å². The van der Waals surface area contributed by atoms with Crippen LogP contribution in [0.3, 0.4) is 0 Å². The molecule has 5 heteroatoms. The van der Waals surface area contributed by atoms with Gasteiger partial charge in [-0.05, 0) is 29.7 Å². The van der Waals surface area contributed by atoms with Crippen molar-refractivity contribution in [1.29, 1.82) is 0 Å². The molecule has 2 aliphatic carbocycles. The minimum Gasteiger partial charge on any atom is -1.00 e. The standard InChI is InChI=1S/C21H31Si.3ClH.Ti/c1-17(2)19-12-9-13-20(19)22-21(14-7-4-8-15-21)16-18-10-5-3-6-11-18;;;;/h4,7-9,12-14,17-18H,3,5-6,10-11,15-16,22H2,1-2H3;3*1H;/q-1;;;;+4/p-3. The van der Waals surface area contributed by atoms with Gasteiger partial charge in [-0.15, -0.1) is 0 Å². The number of hydrogen-bond donors (Lipinski definition) is 0. The first-order chi connectivity index (χ1) is 10.7. The zero-order valence-electron chi connectivity index (χ0n) is 16.0. The van der Waals surface area contributed by atoms with Crippen molar-refractivity contribution in [3.05, 3.63) is 48.1 Å². The van der Waals surface area contributed by atoms with Crippen LogP contribution in [-0.4, -0.2) is 9.52 Å². The van der Waals surface area contributed by atoms with Crippen molar-refractivity contribution in [3.63, 3.8) is 0 Å². The second kappa shape index (κ2) is 13.7. The van der Waals surface area contributed by atoms with Gasteiger partial charge in [-0.3, -0.25) is 0 Å². The summed E-state index contributed by atoms with van der Waals surface area (Å²) in [5, 5.41) is 2.24. The molecule has 0 aliphatic heterocycles. The molecule has 1 saturated carbocycles. The summed E-state index contributed by atoms with van der Waals surface area (Å²) in [6.45, 7) is 4.69. The molecule has 26 heavy (non-hydrogen) atoms. The molecule has 0 amide bonds. The number of allylic oxidation sites excluding steroid dienone is 4. The second-order valence-electron chi connectivity index (χ2n) is 7.90. The first-order valence-electron chi connectivity index (χ1n) is 9.27. The van der Waals surface area contributed by atoms with Crippen molar-refractivity contribution in [2.75, 3.05) is 0 Å². The quantitative estimate of drug-likeness (QED) is 0.307. The Hall–Kier alpha value is 0.631. The summed E-state index contributed by atoms with van der Waals surface area (Å²) in [5.74, 6) is 1.65. The molecule has 0 N–H and O–H groups in total. The van der Waals surface area contributed by atoms with Crippen LogP contribution < -0.4 is 42.4 Å². The Kier molecular flexibility index (Phi) is 15.2. The normalized spacial score (nSPS) is 22.4. The summed E-state index contributed by atoms with van der Waals surface area (Å²) in [6, 6.07) is 7.08. The van der Waals surface area contributed by atoms with Gasteiger partial charge < -0.3 is 37.2 Å². The molecule has 0 saturated heterocycles. The van der Waals surface area contributed by atoms with Crippen molar-refractivity contribution < 1.29 is 58.9 Å². The Balaban J connectivity index is 0. The monoisotopic (exact) mass is 464 g/mol. The molecule has 1 aromatic carbocycles. The molecule has 0 spiro atoms. The fraction of sp³-hybridized carbons (Fsp3) is 0.571. The van der Waals surface area contributed by atoms with Gasteiger partial charge >= 0.3 is 21.7 Å². The van der Waals surface area contributed by atoms with E-state index in [1.165, 1.54) is 44.9 Å². The summed E-state index contributed by atoms with van der Waals surface area (Å²) in [5.41, 5.74) is 1.62. The van der Waals surface area contributed by atoms with Crippen LogP contribution in [0, 0.1) is 5.92 Å². The molecule has 144 valence electrons. The van der Waals surface area contributed by atoms with E-state index in [4.69, 9.17) is 0 Å². The van der Waals surface area contributed by atoms with Crippen LogP contribution >= 0.6 is 0 Å². The van der Waals surface area contributed by atoms with Gasteiger partial charge in [0.05, 0.1) is 0 Å². The predicted molar refractivity (Wildman–Crippen MR) is 101 cm³/mol. The van der Waals surface area contributed by atoms with Gasteiger partial charge in [-0.25, -0.2) is 12.1 Å². The maximum Gasteiger partial charge on any atom is 4.00 e. The van der Waals surface area contributed by atoms with Crippen molar-refractivity contribution >= 4 is 14.7 Å². The molecular weight excluding hydrogens is 435 g/mol. The summed E-state index contributed by atoms with van der Waals surface area (Å²) >= 11 is 0. The van der Waals surface area contributed by atoms with Gasteiger partial charge in [0.2, 0.25) is 0 Å². The Morgan fingerprint density at radius 3 is 2.38 bits per heavy atom. The number of rotatable bonds is 5. The van der Waals surface area contributed by atoms with E-state index >= 15 is 0 Å². The average molecular weight is 466 g/mol. The van der Waals surface area contributed by atoms with Crippen molar-refractivity contribution in [3.8, 4) is 0 Å². The minimum atomic E-state index is -0.277. The number of hydrogen-bond acceptors (Lipinski definition) is 0. The zero-order chi connectivity index (χ0) is 15.4. The maximum absolute atomic E-state index is 2.59. The van der Waals surface area contributed by atoms with Gasteiger partial charge in [-0.2, -0.15) is 16.8 Å². The smallest absolute Gasteiger partial charge is 1.00 e. The van der Waals surface area contributed by atoms with E-state index in [1.807, 2.05) is 0 Å². The van der Waals surface area contributed by atoms with Gasteiger partial charge in [0, 0.05) is 9.52 Å². The van der Waals surface area contributed by atoms with E-state index in [0.29, 0.717) is 11.0 Å². The summed E-state index contributed by atoms with van der Waals surface area (Å²) in [7, 11) is -0.277. The van der Waals surface area contributed by atoms with Crippen LogP contribution in [0.2, 0.25) is 5.04 Å². The molecule has 0 heterocycles. The number of halogens is 3. The van der Waals surface area contributed by atoms with Crippen molar-refractivity contribution in [2.24, 2.45) is 5.92 Å². The van der Waals surface area contributed by atoms with Crippen LogP contribution in [0.25, 0.3) is 0 Å². The fourth-order valence-corrected chi connectivity index (χ4v) is 7.46. The van der Waals surface area contributed by atoms with Gasteiger partial charge in [0.25, 0.3) is 0 Å². The van der Waals surface area contributed by atoms with Crippen LogP contribution in [0.15, 0.2) is 42.5 Å². The molecule has 0 nitrogen and oxygen atoms in total. The summed E-state index contributed by atoms with van der Waals surface area (Å²) < 4.78 is 0. The van der Waals surface area contributed by atoms with E-state index in [2.05, 4.69) is 56.4 Å². The molecule has 2 aliphatic rings. The maximum atomic E-state index is 2.59. The third kappa shape index (κ3) is 7.57. The van der Waals surface area contributed by atoms with Gasteiger partial charge in [0.15, 0.2) is 0 Å². The van der Waals surface area contributed by atoms with E-state index in [0.717, 1.165) is 5.92 Å². The summed E-state index contributed by atoms with van der Waals surface area (Å²) in [4.78, 5) is 0. The van der Waals surface area contributed by atoms with E-state index < -0.39 is 0 Å². The molecule has 1 atom stereocenters. The average Bonchev–Trinajstić information content (AvgIpc) is 2.97. The Morgan fingerprint density at radius 2 is 1.81 bits per heavy atom. The van der Waals surface area contributed by atoms with Crippen LogP contribution in [0.4, 0.5) is 0 Å². The topological polar surface area (TPSA) is 0 Å². The molecule has 1 aromatic rings. The van der Waals surface area contributed by atoms with Crippen molar-refractivity contribution in [1.82, 2.24) is 0 Å². The van der Waals surface area contributed by atoms with Crippen LogP contribution in [0.1, 0.15) is 70.3 Å². The fourth-order valence-electron chi connectivity index (χ4n) is 4.60. The van der Waals surface area contributed by atoms with E-state index in [1.54, 1.807) is 10.8 Å². The second-order valence-corrected chi connectivity index (χ2v) is 10.4. The van der Waals surface area contributed by atoms with Crippen LogP contribution in [-0.2, 0) is 21.7 Å². The van der Waals surface area contributed by atoms with E-state index in [9.17, 15) is 0 Å². The molecule has 0 aromatic heterocycles. The third-order valence-corrected chi connectivity index (χ3v) is 8.29. The molecular formula is C21H31Cl3SiTi. The zero-order valence-corrected chi connectivity index (χ0v) is 21.2. The molecule has 1 fully saturated rings. The Labute approximate surface area is 196 Å². The molecule has 0 radical (unpaired) electrons. The predicted octanol–water partition coefficient (Wildman–Crippen LogP) is -4.02. The SMILES string of the molecule is CC(C)c1ccc[c-]1[SiH2]C1(CC2CCCCC2)C=CC=CC1.[Cl-].[Cl-].[Cl-].[Ti+4]. The van der Waals surface area contributed by atoms with Crippen LogP contribution in [0.5, 0.6) is 0 Å². The first kappa shape index (κ1) is 28.8. The Morgan fingerprint density at radius 1 is 1.12 bits per heavy atom. The minimum absolute atomic E-state index is 0. The molecule has 1 unspecified atom stereocenters. The molecule has 3 rings (SSSR count). The van der Waals surface area contributed by atoms with E-state index in [-0.39, 0.29) is 68.5 Å². The van der Waals surface area contributed by atoms with Gasteiger partial charge in [-0.1, -0.05) is 70.3 Å².